The molecule has 3 rings (SSSR count). The van der Waals surface area contributed by atoms with E-state index in [2.05, 4.69) is 11.4 Å². The lowest BCUT2D eigenvalue weighted by Crippen LogP contribution is -2.25. The molecule has 0 radical (unpaired) electrons. The number of benzene rings is 1. The van der Waals surface area contributed by atoms with Gasteiger partial charge < -0.3 is 10.1 Å². The molecule has 0 saturated carbocycles. The van der Waals surface area contributed by atoms with Crippen molar-refractivity contribution >= 4 is 17.3 Å². The predicted octanol–water partition coefficient (Wildman–Crippen LogP) is 3.42. The van der Waals surface area contributed by atoms with Crippen molar-refractivity contribution in [1.29, 1.82) is 0 Å². The summed E-state index contributed by atoms with van der Waals surface area (Å²) in [6.07, 6.45) is 3.99. The first kappa shape index (κ1) is 10.4. The molecule has 2 aliphatic heterocycles. The van der Waals surface area contributed by atoms with Gasteiger partial charge in [0.05, 0.1) is 6.10 Å². The summed E-state index contributed by atoms with van der Waals surface area (Å²) in [4.78, 5) is 0. The van der Waals surface area contributed by atoms with E-state index in [0.717, 1.165) is 18.2 Å². The number of fused-ring (bicyclic) bond motifs is 1. The fourth-order valence-electron chi connectivity index (χ4n) is 2.83. The van der Waals surface area contributed by atoms with Crippen molar-refractivity contribution in [2.45, 2.75) is 31.3 Å². The van der Waals surface area contributed by atoms with Gasteiger partial charge in [0, 0.05) is 29.8 Å². The lowest BCUT2D eigenvalue weighted by molar-refractivity contribution is 0.0861. The summed E-state index contributed by atoms with van der Waals surface area (Å²) < 4.78 is 5.82. The van der Waals surface area contributed by atoms with E-state index in [1.165, 1.54) is 30.5 Å². The van der Waals surface area contributed by atoms with Crippen LogP contribution in [0.1, 0.15) is 30.7 Å². The average molecular weight is 238 g/mol. The Balaban J connectivity index is 1.93. The minimum Gasteiger partial charge on any atom is -0.385 e. The van der Waals surface area contributed by atoms with Crippen molar-refractivity contribution < 1.29 is 4.74 Å². The monoisotopic (exact) mass is 237 g/mol. The number of hydrogen-bond acceptors (Lipinski definition) is 2. The number of rotatable bonds is 1. The Hall–Kier alpha value is -0.730. The van der Waals surface area contributed by atoms with Crippen LogP contribution < -0.4 is 5.32 Å². The van der Waals surface area contributed by atoms with Gasteiger partial charge in [-0.05, 0) is 37.0 Å². The first-order valence-corrected chi connectivity index (χ1v) is 6.37. The Labute approximate surface area is 101 Å². The maximum absolute atomic E-state index is 6.01. The predicted molar refractivity (Wildman–Crippen MR) is 66.3 cm³/mol. The summed E-state index contributed by atoms with van der Waals surface area (Å²) >= 11 is 6.01. The number of halogens is 1. The van der Waals surface area contributed by atoms with Gasteiger partial charge in [-0.1, -0.05) is 17.7 Å². The molecule has 3 heteroatoms. The molecule has 2 heterocycles. The Bertz CT molecular complexity index is 388. The maximum atomic E-state index is 6.01. The molecule has 1 N–H and O–H groups in total. The van der Waals surface area contributed by atoms with Crippen LogP contribution >= 0.6 is 11.6 Å². The molecule has 0 aromatic heterocycles. The molecule has 2 unspecified atom stereocenters. The number of hydrogen-bond donors (Lipinski definition) is 1. The highest BCUT2D eigenvalue weighted by molar-refractivity contribution is 6.30. The highest BCUT2D eigenvalue weighted by atomic mass is 35.5. The first-order valence-electron chi connectivity index (χ1n) is 5.99. The summed E-state index contributed by atoms with van der Waals surface area (Å²) in [5, 5.41) is 4.22. The highest BCUT2D eigenvalue weighted by Gasteiger charge is 2.30. The Morgan fingerprint density at radius 3 is 3.06 bits per heavy atom. The second-order valence-corrected chi connectivity index (χ2v) is 5.04. The minimum absolute atomic E-state index is 0.419. The van der Waals surface area contributed by atoms with Gasteiger partial charge in [0.25, 0.3) is 0 Å². The van der Waals surface area contributed by atoms with Gasteiger partial charge in [0.15, 0.2) is 0 Å². The summed E-state index contributed by atoms with van der Waals surface area (Å²) in [5.74, 6) is 0.552. The van der Waals surface area contributed by atoms with Gasteiger partial charge in [-0.3, -0.25) is 0 Å². The lowest BCUT2D eigenvalue weighted by Gasteiger charge is -2.30. The van der Waals surface area contributed by atoms with Crippen LogP contribution in [0, 0.1) is 0 Å². The van der Waals surface area contributed by atoms with E-state index < -0.39 is 0 Å². The largest absolute Gasteiger partial charge is 0.385 e. The molecule has 2 aliphatic rings. The van der Waals surface area contributed by atoms with Crippen LogP contribution in [0.2, 0.25) is 5.02 Å². The summed E-state index contributed by atoms with van der Waals surface area (Å²) in [5.41, 5.74) is 2.57. The van der Waals surface area contributed by atoms with Crippen LogP contribution in [-0.2, 0) is 4.74 Å². The maximum Gasteiger partial charge on any atom is 0.0645 e. The summed E-state index contributed by atoms with van der Waals surface area (Å²) in [6, 6.07) is 6.16. The second-order valence-electron chi connectivity index (χ2n) is 4.60. The zero-order valence-electron chi connectivity index (χ0n) is 9.21. The van der Waals surface area contributed by atoms with Crippen LogP contribution in [0.25, 0.3) is 0 Å². The zero-order valence-corrected chi connectivity index (χ0v) is 9.96. The van der Waals surface area contributed by atoms with Gasteiger partial charge >= 0.3 is 0 Å². The highest BCUT2D eigenvalue weighted by Crippen LogP contribution is 2.39. The molecule has 1 aromatic carbocycles. The second kappa shape index (κ2) is 4.27. The first-order chi connectivity index (χ1) is 7.84. The van der Waals surface area contributed by atoms with Crippen LogP contribution in [0.4, 0.5) is 5.69 Å². The van der Waals surface area contributed by atoms with E-state index in [1.54, 1.807) is 0 Å². The van der Waals surface area contributed by atoms with Crippen LogP contribution in [0.15, 0.2) is 18.2 Å². The normalized spacial score (nSPS) is 28.6. The molecule has 0 spiro atoms. The Morgan fingerprint density at radius 1 is 1.31 bits per heavy atom. The van der Waals surface area contributed by atoms with Gasteiger partial charge in [-0.2, -0.15) is 0 Å². The van der Waals surface area contributed by atoms with Crippen LogP contribution in [-0.4, -0.2) is 19.3 Å². The molecule has 1 saturated heterocycles. The molecule has 2 atom stereocenters. The van der Waals surface area contributed by atoms with Gasteiger partial charge in [-0.15, -0.1) is 0 Å². The van der Waals surface area contributed by atoms with Crippen molar-refractivity contribution in [2.24, 2.45) is 0 Å². The third-order valence-corrected chi connectivity index (χ3v) is 3.83. The topological polar surface area (TPSA) is 21.3 Å². The zero-order chi connectivity index (χ0) is 11.0. The van der Waals surface area contributed by atoms with E-state index in [1.807, 2.05) is 12.1 Å². The third kappa shape index (κ3) is 1.80. The number of anilines is 1. The molecular formula is C13H16ClNO. The SMILES string of the molecule is Clc1ccc2c(c1)NCCC2C1CCCO1. The van der Waals surface area contributed by atoms with Crippen molar-refractivity contribution in [1.82, 2.24) is 0 Å². The Morgan fingerprint density at radius 2 is 2.25 bits per heavy atom. The average Bonchev–Trinajstić information content (AvgIpc) is 2.81. The molecule has 0 aliphatic carbocycles. The van der Waals surface area contributed by atoms with Crippen LogP contribution in [0.3, 0.4) is 0 Å². The molecule has 1 fully saturated rings. The quantitative estimate of drug-likeness (QED) is 0.808. The molecule has 16 heavy (non-hydrogen) atoms. The smallest absolute Gasteiger partial charge is 0.0645 e. The van der Waals surface area contributed by atoms with Gasteiger partial charge in [0.1, 0.15) is 0 Å². The van der Waals surface area contributed by atoms with Crippen molar-refractivity contribution in [2.75, 3.05) is 18.5 Å². The van der Waals surface area contributed by atoms with E-state index in [9.17, 15) is 0 Å². The van der Waals surface area contributed by atoms with Crippen molar-refractivity contribution in [3.63, 3.8) is 0 Å². The number of ether oxygens (including phenoxy) is 1. The molecule has 86 valence electrons. The van der Waals surface area contributed by atoms with E-state index in [-0.39, 0.29) is 0 Å². The molecule has 2 nitrogen and oxygen atoms in total. The van der Waals surface area contributed by atoms with E-state index >= 15 is 0 Å². The Kier molecular flexibility index (Phi) is 2.78. The van der Waals surface area contributed by atoms with Gasteiger partial charge in [0.2, 0.25) is 0 Å². The van der Waals surface area contributed by atoms with E-state index in [4.69, 9.17) is 16.3 Å². The van der Waals surface area contributed by atoms with Crippen molar-refractivity contribution in [3.8, 4) is 0 Å². The summed E-state index contributed by atoms with van der Waals surface area (Å²) in [7, 11) is 0. The summed E-state index contributed by atoms with van der Waals surface area (Å²) in [6.45, 7) is 1.95. The standard InChI is InChI=1S/C13H16ClNO/c14-9-3-4-10-11(13-2-1-7-16-13)5-6-15-12(10)8-9/h3-4,8,11,13,15H,1-2,5-7H2. The lowest BCUT2D eigenvalue weighted by atomic mass is 9.85. The number of nitrogens with one attached hydrogen (secondary N) is 1. The molecule has 0 bridgehead atoms. The molecule has 1 aromatic rings. The van der Waals surface area contributed by atoms with Crippen molar-refractivity contribution in [3.05, 3.63) is 28.8 Å². The fourth-order valence-corrected chi connectivity index (χ4v) is 3.00. The van der Waals surface area contributed by atoms with Gasteiger partial charge in [-0.25, -0.2) is 0 Å². The third-order valence-electron chi connectivity index (χ3n) is 3.60. The molecule has 0 amide bonds. The fraction of sp³-hybridized carbons (Fsp3) is 0.538. The molecular weight excluding hydrogens is 222 g/mol. The van der Waals surface area contributed by atoms with Crippen LogP contribution in [0.5, 0.6) is 0 Å². The van der Waals surface area contributed by atoms with E-state index in [0.29, 0.717) is 12.0 Å². The minimum atomic E-state index is 0.419.